The number of H-pyrrole nitrogens is 1. The number of hydrogen-bond donors (Lipinski definition) is 1. The highest BCUT2D eigenvalue weighted by atomic mass is 79.9. The van der Waals surface area contributed by atoms with E-state index in [0.717, 1.165) is 32.6 Å². The lowest BCUT2D eigenvalue weighted by molar-refractivity contribution is 0.596. The van der Waals surface area contributed by atoms with E-state index < -0.39 is 0 Å². The maximum Gasteiger partial charge on any atom is 0.179 e. The molecule has 110 valence electrons. The van der Waals surface area contributed by atoms with E-state index >= 15 is 0 Å². The number of hydrogen-bond acceptors (Lipinski definition) is 2. The number of aryl methyl sites for hydroxylation is 2. The van der Waals surface area contributed by atoms with Crippen LogP contribution in [-0.4, -0.2) is 19.3 Å². The minimum absolute atomic E-state index is 0.144. The van der Waals surface area contributed by atoms with Gasteiger partial charge < -0.3 is 4.98 Å². The second-order valence-corrected chi connectivity index (χ2v) is 6.43. The van der Waals surface area contributed by atoms with E-state index in [1.54, 1.807) is 0 Å². The molecule has 0 amide bonds. The van der Waals surface area contributed by atoms with E-state index in [1.165, 1.54) is 5.56 Å². The largest absolute Gasteiger partial charge is 0.328 e. The lowest BCUT2D eigenvalue weighted by Gasteiger charge is -2.16. The van der Waals surface area contributed by atoms with Crippen molar-refractivity contribution < 1.29 is 0 Å². The quantitative estimate of drug-likeness (QED) is 0.689. The molecule has 2 heterocycles. The van der Waals surface area contributed by atoms with Gasteiger partial charge in [0.05, 0.1) is 11.7 Å². The SMILES string of the molecule is CCn1nc(C)c2[nH]c(=S)n(C(C)c3cccc(Br)c3)c21. The monoisotopic (exact) mass is 364 g/mol. The van der Waals surface area contributed by atoms with E-state index in [-0.39, 0.29) is 6.04 Å². The van der Waals surface area contributed by atoms with Gasteiger partial charge in [-0.1, -0.05) is 28.1 Å². The molecule has 0 spiro atoms. The topological polar surface area (TPSA) is 38.5 Å². The van der Waals surface area contributed by atoms with Crippen molar-refractivity contribution in [3.63, 3.8) is 0 Å². The van der Waals surface area contributed by atoms with Crippen molar-refractivity contribution in [2.45, 2.75) is 33.4 Å². The highest BCUT2D eigenvalue weighted by molar-refractivity contribution is 9.10. The van der Waals surface area contributed by atoms with Crippen LogP contribution in [0.3, 0.4) is 0 Å². The van der Waals surface area contributed by atoms with Gasteiger partial charge in [0, 0.05) is 11.0 Å². The fourth-order valence-electron chi connectivity index (χ4n) is 2.72. The van der Waals surface area contributed by atoms with Crippen LogP contribution in [0.15, 0.2) is 28.7 Å². The van der Waals surface area contributed by atoms with Crippen LogP contribution in [0.2, 0.25) is 0 Å². The first kappa shape index (κ1) is 14.5. The number of halogens is 1. The first-order valence-corrected chi connectivity index (χ1v) is 8.16. The van der Waals surface area contributed by atoms with Crippen LogP contribution in [0, 0.1) is 11.7 Å². The Morgan fingerprint density at radius 2 is 2.19 bits per heavy atom. The molecule has 0 saturated carbocycles. The predicted octanol–water partition coefficient (Wildman–Crippen LogP) is 4.60. The molecule has 1 N–H and O–H groups in total. The van der Waals surface area contributed by atoms with Gasteiger partial charge in [0.25, 0.3) is 0 Å². The standard InChI is InChI=1S/C15H17BrN4S/c1-4-19-14-13(9(2)18-19)17-15(21)20(14)10(3)11-6-5-7-12(16)8-11/h5-8,10H,4H2,1-3H3,(H,17,21). The predicted molar refractivity (Wildman–Crippen MR) is 91.3 cm³/mol. The van der Waals surface area contributed by atoms with Gasteiger partial charge in [0.1, 0.15) is 5.52 Å². The van der Waals surface area contributed by atoms with Crippen LogP contribution < -0.4 is 0 Å². The molecule has 3 rings (SSSR count). The van der Waals surface area contributed by atoms with E-state index in [9.17, 15) is 0 Å². The minimum Gasteiger partial charge on any atom is -0.328 e. The van der Waals surface area contributed by atoms with Crippen molar-refractivity contribution in [3.05, 3.63) is 44.8 Å². The number of nitrogens with one attached hydrogen (secondary N) is 1. The molecule has 0 saturated heterocycles. The molecule has 4 nitrogen and oxygen atoms in total. The molecule has 3 aromatic rings. The summed E-state index contributed by atoms with van der Waals surface area (Å²) in [6.07, 6.45) is 0. The average Bonchev–Trinajstić information content (AvgIpc) is 2.95. The molecule has 21 heavy (non-hydrogen) atoms. The molecule has 6 heteroatoms. The first-order valence-electron chi connectivity index (χ1n) is 6.96. The Morgan fingerprint density at radius 3 is 2.86 bits per heavy atom. The normalized spacial score (nSPS) is 13.0. The van der Waals surface area contributed by atoms with Gasteiger partial charge in [0.2, 0.25) is 0 Å². The average molecular weight is 365 g/mol. The van der Waals surface area contributed by atoms with Crippen LogP contribution >= 0.6 is 28.1 Å². The van der Waals surface area contributed by atoms with Gasteiger partial charge in [-0.25, -0.2) is 4.68 Å². The Bertz CT molecular complexity index is 858. The van der Waals surface area contributed by atoms with Crippen molar-refractivity contribution in [2.75, 3.05) is 0 Å². The molecular weight excluding hydrogens is 348 g/mol. The first-order chi connectivity index (χ1) is 10.0. The number of benzene rings is 1. The zero-order valence-electron chi connectivity index (χ0n) is 12.2. The highest BCUT2D eigenvalue weighted by Crippen LogP contribution is 2.27. The third-order valence-electron chi connectivity index (χ3n) is 3.80. The van der Waals surface area contributed by atoms with Crippen molar-refractivity contribution in [1.29, 1.82) is 0 Å². The molecule has 0 fully saturated rings. The number of imidazole rings is 1. The summed E-state index contributed by atoms with van der Waals surface area (Å²) in [6.45, 7) is 7.08. The summed E-state index contributed by atoms with van der Waals surface area (Å²) < 4.78 is 5.96. The molecule has 1 unspecified atom stereocenters. The highest BCUT2D eigenvalue weighted by Gasteiger charge is 2.18. The molecule has 0 radical (unpaired) electrons. The van der Waals surface area contributed by atoms with Gasteiger partial charge in [-0.15, -0.1) is 0 Å². The molecule has 0 bridgehead atoms. The zero-order valence-corrected chi connectivity index (χ0v) is 14.6. The van der Waals surface area contributed by atoms with Crippen LogP contribution in [-0.2, 0) is 6.54 Å². The molecule has 1 atom stereocenters. The summed E-state index contributed by atoms with van der Waals surface area (Å²) in [7, 11) is 0. The van der Waals surface area contributed by atoms with E-state index in [2.05, 4.69) is 56.6 Å². The fraction of sp³-hybridized carbons (Fsp3) is 0.333. The molecular formula is C15H17BrN4S. The Labute approximate surface area is 136 Å². The Kier molecular flexibility index (Phi) is 3.75. The number of rotatable bonds is 3. The van der Waals surface area contributed by atoms with Gasteiger partial charge >= 0.3 is 0 Å². The number of aromatic amines is 1. The Hall–Kier alpha value is -1.40. The van der Waals surface area contributed by atoms with Crippen LogP contribution in [0.25, 0.3) is 11.2 Å². The summed E-state index contributed by atoms with van der Waals surface area (Å²) in [5.74, 6) is 0. The van der Waals surface area contributed by atoms with Crippen molar-refractivity contribution in [1.82, 2.24) is 19.3 Å². The number of fused-ring (bicyclic) bond motifs is 1. The lowest BCUT2D eigenvalue weighted by Crippen LogP contribution is -2.10. The Balaban J connectivity index is 2.24. The maximum atomic E-state index is 5.54. The second-order valence-electron chi connectivity index (χ2n) is 5.13. The van der Waals surface area contributed by atoms with Gasteiger partial charge in [0.15, 0.2) is 10.4 Å². The number of nitrogens with zero attached hydrogens (tertiary/aromatic N) is 3. The fourth-order valence-corrected chi connectivity index (χ4v) is 3.48. The van der Waals surface area contributed by atoms with Crippen molar-refractivity contribution in [2.24, 2.45) is 0 Å². The van der Waals surface area contributed by atoms with Crippen LogP contribution in [0.1, 0.15) is 31.1 Å². The Morgan fingerprint density at radius 1 is 1.43 bits per heavy atom. The second kappa shape index (κ2) is 5.42. The molecule has 2 aromatic heterocycles. The lowest BCUT2D eigenvalue weighted by atomic mass is 10.1. The van der Waals surface area contributed by atoms with Crippen molar-refractivity contribution >= 4 is 39.3 Å². The minimum atomic E-state index is 0.144. The zero-order chi connectivity index (χ0) is 15.1. The van der Waals surface area contributed by atoms with E-state index in [1.807, 2.05) is 23.7 Å². The molecule has 0 aliphatic carbocycles. The maximum absolute atomic E-state index is 5.54. The van der Waals surface area contributed by atoms with Gasteiger partial charge in [-0.05, 0) is 50.7 Å². The smallest absolute Gasteiger partial charge is 0.179 e. The summed E-state index contributed by atoms with van der Waals surface area (Å²) in [4.78, 5) is 3.30. The number of aromatic nitrogens is 4. The third kappa shape index (κ3) is 2.36. The molecule has 0 aliphatic rings. The van der Waals surface area contributed by atoms with Gasteiger partial charge in [-0.3, -0.25) is 4.57 Å². The van der Waals surface area contributed by atoms with Crippen molar-refractivity contribution in [3.8, 4) is 0 Å². The van der Waals surface area contributed by atoms with E-state index in [0.29, 0.717) is 0 Å². The van der Waals surface area contributed by atoms with Crippen LogP contribution in [0.4, 0.5) is 0 Å². The molecule has 1 aromatic carbocycles. The van der Waals surface area contributed by atoms with Gasteiger partial charge in [-0.2, -0.15) is 5.10 Å². The summed E-state index contributed by atoms with van der Waals surface area (Å²) >= 11 is 9.07. The summed E-state index contributed by atoms with van der Waals surface area (Å²) in [6, 6.07) is 8.47. The van der Waals surface area contributed by atoms with E-state index in [4.69, 9.17) is 12.2 Å². The summed E-state index contributed by atoms with van der Waals surface area (Å²) in [5, 5.41) is 4.57. The third-order valence-corrected chi connectivity index (χ3v) is 4.59. The summed E-state index contributed by atoms with van der Waals surface area (Å²) in [5.41, 5.74) is 4.29. The van der Waals surface area contributed by atoms with Crippen LogP contribution in [0.5, 0.6) is 0 Å². The molecule has 0 aliphatic heterocycles.